The number of benzene rings is 1. The summed E-state index contributed by atoms with van der Waals surface area (Å²) in [5.41, 5.74) is 2.76. The van der Waals surface area contributed by atoms with Gasteiger partial charge in [0.2, 0.25) is 5.88 Å². The van der Waals surface area contributed by atoms with Crippen molar-refractivity contribution in [3.05, 3.63) is 29.3 Å². The van der Waals surface area contributed by atoms with Gasteiger partial charge in [-0.2, -0.15) is 4.73 Å². The summed E-state index contributed by atoms with van der Waals surface area (Å²) in [7, 11) is 0. The molecule has 0 aliphatic heterocycles. The lowest BCUT2D eigenvalue weighted by atomic mass is 9.90. The van der Waals surface area contributed by atoms with Crippen molar-refractivity contribution in [1.82, 2.24) is 4.73 Å². The normalized spacial score (nSPS) is 13.3. The van der Waals surface area contributed by atoms with Crippen LogP contribution in [0.3, 0.4) is 0 Å². The third-order valence-corrected chi connectivity index (χ3v) is 2.50. The average molecular weight is 161 g/mol. The quantitative estimate of drug-likeness (QED) is 0.490. The first-order chi connectivity index (χ1) is 5.79. The molecule has 0 fully saturated rings. The van der Waals surface area contributed by atoms with Crippen molar-refractivity contribution in [3.8, 4) is 5.88 Å². The third kappa shape index (κ3) is 0.432. The molecule has 60 valence electrons. The van der Waals surface area contributed by atoms with Crippen molar-refractivity contribution in [2.24, 2.45) is 0 Å². The molecular formula is C9H7NO2. The molecule has 0 amide bonds. The van der Waals surface area contributed by atoms with Crippen LogP contribution in [-0.2, 0) is 6.42 Å². The first-order valence-corrected chi connectivity index (χ1v) is 3.82. The lowest BCUT2D eigenvalue weighted by Gasteiger charge is -2.12. The fourth-order valence-electron chi connectivity index (χ4n) is 1.86. The molecule has 0 unspecified atom stereocenters. The predicted molar refractivity (Wildman–Crippen MR) is 43.6 cm³/mol. The Balaban J connectivity index is 2.63. The van der Waals surface area contributed by atoms with E-state index in [0.29, 0.717) is 5.52 Å². The molecule has 1 aliphatic carbocycles. The molecule has 0 saturated heterocycles. The zero-order chi connectivity index (χ0) is 8.29. The second kappa shape index (κ2) is 1.58. The lowest BCUT2D eigenvalue weighted by molar-refractivity contribution is 0.167. The van der Waals surface area contributed by atoms with Gasteiger partial charge in [0.1, 0.15) is 0 Å². The molecule has 0 atom stereocenters. The molecule has 3 heteroatoms. The lowest BCUT2D eigenvalue weighted by Crippen LogP contribution is -1.98. The maximum atomic E-state index is 9.39. The maximum absolute atomic E-state index is 9.39. The summed E-state index contributed by atoms with van der Waals surface area (Å²) in [6.07, 6.45) is 0.770. The van der Waals surface area contributed by atoms with Gasteiger partial charge >= 0.3 is 0 Å². The minimum absolute atomic E-state index is 0.0105. The van der Waals surface area contributed by atoms with Gasteiger partial charge in [-0.1, -0.05) is 12.1 Å². The summed E-state index contributed by atoms with van der Waals surface area (Å²) in [6.45, 7) is 0. The number of hydrogen-bond acceptors (Lipinski definition) is 2. The number of rotatable bonds is 0. The van der Waals surface area contributed by atoms with Crippen LogP contribution in [0.15, 0.2) is 18.2 Å². The Morgan fingerprint density at radius 2 is 2.17 bits per heavy atom. The van der Waals surface area contributed by atoms with Crippen molar-refractivity contribution in [2.75, 3.05) is 0 Å². The van der Waals surface area contributed by atoms with Crippen molar-refractivity contribution in [3.63, 3.8) is 0 Å². The summed E-state index contributed by atoms with van der Waals surface area (Å²) in [6, 6.07) is 5.68. The van der Waals surface area contributed by atoms with Crippen LogP contribution in [0.1, 0.15) is 11.1 Å². The summed E-state index contributed by atoms with van der Waals surface area (Å²) in [4.78, 5) is 0. The molecule has 2 aromatic rings. The molecule has 0 spiro atoms. The standard InChI is InChI=1S/C9H7NO2/c11-9-6-4-5-2-1-3-7(8(5)6)10(9)12/h1-3,11-12H,4H2. The average Bonchev–Trinajstić information content (AvgIpc) is 2.24. The van der Waals surface area contributed by atoms with E-state index >= 15 is 0 Å². The summed E-state index contributed by atoms with van der Waals surface area (Å²) in [5, 5.41) is 19.8. The van der Waals surface area contributed by atoms with E-state index in [1.54, 1.807) is 6.07 Å². The van der Waals surface area contributed by atoms with Gasteiger partial charge in [-0.15, -0.1) is 0 Å². The molecule has 3 nitrogen and oxygen atoms in total. The smallest absolute Gasteiger partial charge is 0.229 e. The fourth-order valence-corrected chi connectivity index (χ4v) is 1.86. The van der Waals surface area contributed by atoms with Crippen molar-refractivity contribution in [2.45, 2.75) is 6.42 Å². The SMILES string of the molecule is Oc1c2c3c(cccc3n1O)C2. The summed E-state index contributed by atoms with van der Waals surface area (Å²) in [5.74, 6) is -0.0105. The van der Waals surface area contributed by atoms with Gasteiger partial charge in [0.05, 0.1) is 5.52 Å². The highest BCUT2D eigenvalue weighted by Crippen LogP contribution is 2.41. The maximum Gasteiger partial charge on any atom is 0.229 e. The van der Waals surface area contributed by atoms with Crippen LogP contribution < -0.4 is 0 Å². The molecular weight excluding hydrogens is 154 g/mol. The molecule has 1 aliphatic rings. The predicted octanol–water partition coefficient (Wildman–Crippen LogP) is 1.49. The number of aromatic nitrogens is 1. The highest BCUT2D eigenvalue weighted by molar-refractivity contribution is 5.95. The van der Waals surface area contributed by atoms with E-state index < -0.39 is 0 Å². The highest BCUT2D eigenvalue weighted by atomic mass is 16.5. The molecule has 3 rings (SSSR count). The summed E-state index contributed by atoms with van der Waals surface area (Å²) >= 11 is 0. The Morgan fingerprint density at radius 1 is 1.33 bits per heavy atom. The van der Waals surface area contributed by atoms with Crippen molar-refractivity contribution < 1.29 is 10.3 Å². The number of aromatic hydroxyl groups is 1. The first-order valence-electron chi connectivity index (χ1n) is 3.82. The molecule has 0 bridgehead atoms. The van der Waals surface area contributed by atoms with Gasteiger partial charge < -0.3 is 10.3 Å². The molecule has 0 radical (unpaired) electrons. The van der Waals surface area contributed by atoms with Gasteiger partial charge in [0.25, 0.3) is 0 Å². The topological polar surface area (TPSA) is 45.4 Å². The van der Waals surface area contributed by atoms with Crippen molar-refractivity contribution >= 4 is 10.9 Å². The van der Waals surface area contributed by atoms with Crippen molar-refractivity contribution in [1.29, 1.82) is 0 Å². The van der Waals surface area contributed by atoms with Crippen LogP contribution in [0, 0.1) is 0 Å². The second-order valence-corrected chi connectivity index (χ2v) is 3.10. The second-order valence-electron chi connectivity index (χ2n) is 3.10. The van der Waals surface area contributed by atoms with E-state index in [2.05, 4.69) is 0 Å². The van der Waals surface area contributed by atoms with E-state index in [9.17, 15) is 10.3 Å². The van der Waals surface area contributed by atoms with E-state index in [-0.39, 0.29) is 5.88 Å². The molecule has 1 aromatic carbocycles. The molecule has 2 N–H and O–H groups in total. The molecule has 1 heterocycles. The van der Waals surface area contributed by atoms with Gasteiger partial charge in [-0.25, -0.2) is 0 Å². The van der Waals surface area contributed by atoms with Crippen LogP contribution in [0.4, 0.5) is 0 Å². The molecule has 12 heavy (non-hydrogen) atoms. The van der Waals surface area contributed by atoms with E-state index in [0.717, 1.165) is 22.1 Å². The largest absolute Gasteiger partial charge is 0.492 e. The third-order valence-electron chi connectivity index (χ3n) is 2.50. The minimum atomic E-state index is -0.0105. The molecule has 1 aromatic heterocycles. The Hall–Kier alpha value is -1.64. The minimum Gasteiger partial charge on any atom is -0.492 e. The zero-order valence-electron chi connectivity index (χ0n) is 6.28. The van der Waals surface area contributed by atoms with Crippen LogP contribution in [0.25, 0.3) is 10.9 Å². The van der Waals surface area contributed by atoms with Crippen LogP contribution in [-0.4, -0.2) is 15.0 Å². The van der Waals surface area contributed by atoms with Gasteiger partial charge in [-0.05, 0) is 11.6 Å². The zero-order valence-corrected chi connectivity index (χ0v) is 6.28. The van der Waals surface area contributed by atoms with E-state index in [1.165, 1.54) is 5.56 Å². The Labute approximate surface area is 68.4 Å². The van der Waals surface area contributed by atoms with Crippen LogP contribution in [0.2, 0.25) is 0 Å². The Bertz CT molecular complexity index is 471. The highest BCUT2D eigenvalue weighted by Gasteiger charge is 2.25. The van der Waals surface area contributed by atoms with E-state index in [4.69, 9.17) is 0 Å². The molecule has 0 saturated carbocycles. The monoisotopic (exact) mass is 161 g/mol. The van der Waals surface area contributed by atoms with Crippen LogP contribution >= 0.6 is 0 Å². The van der Waals surface area contributed by atoms with Gasteiger partial charge in [-0.3, -0.25) is 0 Å². The number of hydrogen-bond donors (Lipinski definition) is 2. The van der Waals surface area contributed by atoms with E-state index in [1.807, 2.05) is 12.1 Å². The van der Waals surface area contributed by atoms with Crippen LogP contribution in [0.5, 0.6) is 5.88 Å². The van der Waals surface area contributed by atoms with Gasteiger partial charge in [0.15, 0.2) is 0 Å². The Kier molecular flexibility index (Phi) is 0.781. The first kappa shape index (κ1) is 5.94. The number of nitrogens with zero attached hydrogens (tertiary/aromatic N) is 1. The summed E-state index contributed by atoms with van der Waals surface area (Å²) < 4.78 is 0.848. The Morgan fingerprint density at radius 3 is 2.92 bits per heavy atom. The van der Waals surface area contributed by atoms with Gasteiger partial charge in [0, 0.05) is 17.4 Å². The fraction of sp³-hybridized carbons (Fsp3) is 0.111.